The summed E-state index contributed by atoms with van der Waals surface area (Å²) in [7, 11) is 0. The van der Waals surface area contributed by atoms with Crippen molar-refractivity contribution in [3.8, 4) is 0 Å². The summed E-state index contributed by atoms with van der Waals surface area (Å²) in [6.45, 7) is 2.45. The molecule has 22 heavy (non-hydrogen) atoms. The lowest BCUT2D eigenvalue weighted by molar-refractivity contribution is -0.193. The molecule has 1 N–H and O–H groups in total. The van der Waals surface area contributed by atoms with Gasteiger partial charge in [0.1, 0.15) is 12.6 Å². The highest BCUT2D eigenvalue weighted by Crippen LogP contribution is 2.49. The van der Waals surface area contributed by atoms with E-state index in [4.69, 9.17) is 4.84 Å². The van der Waals surface area contributed by atoms with Crippen LogP contribution in [-0.4, -0.2) is 45.2 Å². The monoisotopic (exact) mass is 304 g/mol. The Morgan fingerprint density at radius 3 is 2.59 bits per heavy atom. The van der Waals surface area contributed by atoms with E-state index < -0.39 is 17.6 Å². The van der Waals surface area contributed by atoms with Crippen molar-refractivity contribution < 1.29 is 19.5 Å². The molecule has 1 heterocycles. The van der Waals surface area contributed by atoms with Gasteiger partial charge in [-0.3, -0.25) is 4.84 Å². The van der Waals surface area contributed by atoms with Gasteiger partial charge in [0.15, 0.2) is 0 Å². The number of aliphatic carboxylic acids is 1. The highest BCUT2D eigenvalue weighted by atomic mass is 16.7. The number of hydroxylamine groups is 2. The third kappa shape index (κ3) is 2.54. The number of carboxylic acid groups (broad SMARTS) is 1. The van der Waals surface area contributed by atoms with Gasteiger partial charge in [-0.25, -0.2) is 9.59 Å². The van der Waals surface area contributed by atoms with Gasteiger partial charge < -0.3 is 10.0 Å². The summed E-state index contributed by atoms with van der Waals surface area (Å²) in [5.74, 6) is -0.941. The molecular weight excluding hydrogens is 284 g/mol. The first kappa shape index (κ1) is 14.8. The Bertz CT molecular complexity index is 571. The van der Waals surface area contributed by atoms with Crippen molar-refractivity contribution in [3.05, 3.63) is 35.9 Å². The zero-order valence-electron chi connectivity index (χ0n) is 12.6. The molecule has 1 aliphatic carbocycles. The van der Waals surface area contributed by atoms with Crippen molar-refractivity contribution in [3.63, 3.8) is 0 Å². The lowest BCUT2D eigenvalue weighted by Gasteiger charge is -2.43. The Morgan fingerprint density at radius 1 is 1.36 bits per heavy atom. The van der Waals surface area contributed by atoms with E-state index in [1.807, 2.05) is 30.3 Å². The first-order valence-corrected chi connectivity index (χ1v) is 7.58. The van der Waals surface area contributed by atoms with E-state index in [1.165, 1.54) is 9.96 Å². The van der Waals surface area contributed by atoms with Crippen LogP contribution in [0.4, 0.5) is 4.79 Å². The smallest absolute Gasteiger partial charge is 0.345 e. The number of carbonyl (C=O) groups is 2. The number of carbonyl (C=O) groups excluding carboxylic acids is 1. The first-order chi connectivity index (χ1) is 10.6. The van der Waals surface area contributed by atoms with Gasteiger partial charge in [-0.2, -0.15) is 5.06 Å². The summed E-state index contributed by atoms with van der Waals surface area (Å²) < 4.78 is 0. The van der Waals surface area contributed by atoms with Crippen LogP contribution >= 0.6 is 0 Å². The number of hydrogen-bond acceptors (Lipinski definition) is 3. The van der Waals surface area contributed by atoms with Crippen LogP contribution < -0.4 is 0 Å². The van der Waals surface area contributed by atoms with Gasteiger partial charge in [0.2, 0.25) is 0 Å². The second-order valence-corrected chi connectivity index (χ2v) is 5.90. The number of urea groups is 1. The molecule has 6 heteroatoms. The molecule has 1 aromatic rings. The van der Waals surface area contributed by atoms with E-state index in [9.17, 15) is 14.7 Å². The highest BCUT2D eigenvalue weighted by molar-refractivity contribution is 5.84. The lowest BCUT2D eigenvalue weighted by Crippen LogP contribution is -2.61. The molecule has 1 aromatic carbocycles. The molecule has 0 aromatic heterocycles. The molecular formula is C16H20N2O4. The summed E-state index contributed by atoms with van der Waals surface area (Å²) >= 11 is 0. The van der Waals surface area contributed by atoms with Crippen molar-refractivity contribution in [1.29, 1.82) is 0 Å². The molecule has 1 atom stereocenters. The van der Waals surface area contributed by atoms with Crippen LogP contribution in [-0.2, 0) is 16.2 Å². The molecule has 3 rings (SSSR count). The fourth-order valence-electron chi connectivity index (χ4n) is 3.04. The fourth-order valence-corrected chi connectivity index (χ4v) is 3.04. The molecule has 6 nitrogen and oxygen atoms in total. The second kappa shape index (κ2) is 5.61. The predicted molar refractivity (Wildman–Crippen MR) is 78.9 cm³/mol. The van der Waals surface area contributed by atoms with Gasteiger partial charge in [-0.15, -0.1) is 0 Å². The third-order valence-electron chi connectivity index (χ3n) is 4.46. The largest absolute Gasteiger partial charge is 0.480 e. The lowest BCUT2D eigenvalue weighted by atomic mass is 10.0. The average molecular weight is 304 g/mol. The number of rotatable bonds is 5. The van der Waals surface area contributed by atoms with Crippen LogP contribution in [0, 0.1) is 0 Å². The minimum Gasteiger partial charge on any atom is -0.480 e. The van der Waals surface area contributed by atoms with Crippen molar-refractivity contribution >= 4 is 12.0 Å². The quantitative estimate of drug-likeness (QED) is 0.906. The fraction of sp³-hybridized carbons (Fsp3) is 0.500. The maximum atomic E-state index is 12.6. The van der Waals surface area contributed by atoms with Gasteiger partial charge in [-0.05, 0) is 25.3 Å². The van der Waals surface area contributed by atoms with Crippen molar-refractivity contribution in [2.75, 3.05) is 6.54 Å². The van der Waals surface area contributed by atoms with Crippen LogP contribution in [0.1, 0.15) is 31.7 Å². The summed E-state index contributed by atoms with van der Waals surface area (Å²) in [6, 6.07) is 8.54. The Morgan fingerprint density at radius 2 is 2.05 bits per heavy atom. The average Bonchev–Trinajstić information content (AvgIpc) is 3.27. The Kier molecular flexibility index (Phi) is 3.78. The standard InChI is InChI=1S/C16H20N2O4/c1-2-17-13(14(19)20)10-16(8-9-16)18(15(17)21)22-11-12-6-4-3-5-7-12/h3-7,13H,2,8-11H2,1H3,(H,19,20)/t13-/m0/s1. The van der Waals surface area contributed by atoms with Crippen LogP contribution in [0.5, 0.6) is 0 Å². The number of hydrogen-bond donors (Lipinski definition) is 1. The van der Waals surface area contributed by atoms with Crippen LogP contribution in [0.2, 0.25) is 0 Å². The SMILES string of the molecule is CCN1C(=O)N(OCc2ccccc2)C2(CC2)C[C@H]1C(=O)O. The molecule has 2 aliphatic rings. The molecule has 2 amide bonds. The van der Waals surface area contributed by atoms with Crippen molar-refractivity contribution in [1.82, 2.24) is 9.96 Å². The highest BCUT2D eigenvalue weighted by Gasteiger charge is 2.59. The van der Waals surface area contributed by atoms with Gasteiger partial charge in [-0.1, -0.05) is 30.3 Å². The van der Waals surface area contributed by atoms with E-state index >= 15 is 0 Å². The second-order valence-electron chi connectivity index (χ2n) is 5.90. The zero-order chi connectivity index (χ0) is 15.7. The van der Waals surface area contributed by atoms with Crippen molar-refractivity contribution in [2.45, 2.75) is 44.4 Å². The van der Waals surface area contributed by atoms with Gasteiger partial charge in [0.05, 0.1) is 5.54 Å². The molecule has 0 radical (unpaired) electrons. The summed E-state index contributed by atoms with van der Waals surface area (Å²) in [5, 5.41) is 10.8. The minimum atomic E-state index is -0.941. The molecule has 1 spiro atoms. The van der Waals surface area contributed by atoms with E-state index in [2.05, 4.69) is 0 Å². The van der Waals surface area contributed by atoms with Crippen LogP contribution in [0.15, 0.2) is 30.3 Å². The third-order valence-corrected chi connectivity index (χ3v) is 4.46. The minimum absolute atomic E-state index is 0.309. The Labute approximate surface area is 129 Å². The normalized spacial score (nSPS) is 23.0. The molecule has 0 unspecified atom stereocenters. The first-order valence-electron chi connectivity index (χ1n) is 7.58. The topological polar surface area (TPSA) is 70.1 Å². The van der Waals surface area contributed by atoms with Crippen LogP contribution in [0.3, 0.4) is 0 Å². The molecule has 1 saturated carbocycles. The summed E-state index contributed by atoms with van der Waals surface area (Å²) in [4.78, 5) is 31.2. The predicted octanol–water partition coefficient (Wildman–Crippen LogP) is 2.25. The molecule has 1 saturated heterocycles. The van der Waals surface area contributed by atoms with Crippen LogP contribution in [0.25, 0.3) is 0 Å². The summed E-state index contributed by atoms with van der Waals surface area (Å²) in [6.07, 6.45) is 2.03. The Balaban J connectivity index is 1.76. The summed E-state index contributed by atoms with van der Waals surface area (Å²) in [5.41, 5.74) is 0.551. The van der Waals surface area contributed by atoms with E-state index in [0.717, 1.165) is 18.4 Å². The number of carboxylic acids is 1. The maximum absolute atomic E-state index is 12.6. The van der Waals surface area contributed by atoms with E-state index in [1.54, 1.807) is 6.92 Å². The van der Waals surface area contributed by atoms with Crippen molar-refractivity contribution in [2.24, 2.45) is 0 Å². The molecule has 2 fully saturated rings. The van der Waals surface area contributed by atoms with Gasteiger partial charge in [0.25, 0.3) is 0 Å². The molecule has 118 valence electrons. The molecule has 0 bridgehead atoms. The molecule has 1 aliphatic heterocycles. The number of likely N-dealkylation sites (N-methyl/N-ethyl adjacent to an activating group) is 1. The van der Waals surface area contributed by atoms with E-state index in [-0.39, 0.29) is 6.03 Å². The number of benzene rings is 1. The van der Waals surface area contributed by atoms with Gasteiger partial charge in [0, 0.05) is 13.0 Å². The van der Waals surface area contributed by atoms with Gasteiger partial charge >= 0.3 is 12.0 Å². The maximum Gasteiger partial charge on any atom is 0.345 e. The number of nitrogens with zero attached hydrogens (tertiary/aromatic N) is 2. The zero-order valence-corrected chi connectivity index (χ0v) is 12.6. The van der Waals surface area contributed by atoms with E-state index in [0.29, 0.717) is 19.6 Å². The Hall–Kier alpha value is -2.08. The number of amides is 2.